The molecule has 0 saturated carbocycles. The van der Waals surface area contributed by atoms with Crippen molar-refractivity contribution in [1.29, 1.82) is 0 Å². The van der Waals surface area contributed by atoms with E-state index in [9.17, 15) is 14.0 Å². The molecule has 2 N–H and O–H groups in total. The van der Waals surface area contributed by atoms with Crippen molar-refractivity contribution >= 4 is 23.2 Å². The molecule has 2 aliphatic heterocycles. The van der Waals surface area contributed by atoms with Crippen LogP contribution in [-0.4, -0.2) is 31.1 Å². The van der Waals surface area contributed by atoms with Crippen LogP contribution in [0.1, 0.15) is 12.8 Å². The number of nitrogens with one attached hydrogen (secondary N) is 2. The number of anilines is 2. The first kappa shape index (κ1) is 12.9. The third-order valence-corrected chi connectivity index (χ3v) is 3.16. The topological polar surface area (TPSA) is 76.7 Å². The van der Waals surface area contributed by atoms with Crippen LogP contribution >= 0.6 is 0 Å². The van der Waals surface area contributed by atoms with E-state index in [0.717, 1.165) is 18.6 Å². The number of carbonyl (C=O) groups excluding carboxylic acids is 2. The zero-order chi connectivity index (χ0) is 14.1. The Hall–Kier alpha value is -2.15. The van der Waals surface area contributed by atoms with Crippen molar-refractivity contribution < 1.29 is 23.5 Å². The molecule has 2 aliphatic rings. The number of amides is 2. The van der Waals surface area contributed by atoms with Gasteiger partial charge in [0.25, 0.3) is 11.8 Å². The predicted octanol–water partition coefficient (Wildman–Crippen LogP) is 1.27. The van der Waals surface area contributed by atoms with Crippen LogP contribution in [0.4, 0.5) is 15.8 Å². The highest BCUT2D eigenvalue weighted by molar-refractivity contribution is 6.01. The van der Waals surface area contributed by atoms with Crippen molar-refractivity contribution in [2.45, 2.75) is 18.9 Å². The summed E-state index contributed by atoms with van der Waals surface area (Å²) in [6.07, 6.45) is 0.944. The van der Waals surface area contributed by atoms with Gasteiger partial charge in [-0.3, -0.25) is 9.59 Å². The molecule has 1 aromatic carbocycles. The Bertz CT molecular complexity index is 570. The molecule has 0 radical (unpaired) electrons. The number of hydrogen-bond donors (Lipinski definition) is 2. The van der Waals surface area contributed by atoms with Crippen molar-refractivity contribution in [3.63, 3.8) is 0 Å². The first-order valence-electron chi connectivity index (χ1n) is 6.32. The summed E-state index contributed by atoms with van der Waals surface area (Å²) in [4.78, 5) is 23.2. The van der Waals surface area contributed by atoms with Gasteiger partial charge in [-0.2, -0.15) is 0 Å². The van der Waals surface area contributed by atoms with Gasteiger partial charge in [0.15, 0.2) is 12.4 Å². The average molecular weight is 280 g/mol. The summed E-state index contributed by atoms with van der Waals surface area (Å²) >= 11 is 0. The van der Waals surface area contributed by atoms with Crippen LogP contribution in [0.25, 0.3) is 0 Å². The van der Waals surface area contributed by atoms with Crippen molar-refractivity contribution in [3.05, 3.63) is 17.9 Å². The molecule has 0 aromatic heterocycles. The Labute approximate surface area is 114 Å². The van der Waals surface area contributed by atoms with Crippen LogP contribution < -0.4 is 15.4 Å². The fourth-order valence-corrected chi connectivity index (χ4v) is 2.26. The van der Waals surface area contributed by atoms with Gasteiger partial charge in [-0.15, -0.1) is 0 Å². The van der Waals surface area contributed by atoms with Gasteiger partial charge in [-0.05, 0) is 12.8 Å². The summed E-state index contributed by atoms with van der Waals surface area (Å²) in [7, 11) is 0. The minimum atomic E-state index is -0.572. The normalized spacial score (nSPS) is 20.9. The average Bonchev–Trinajstić information content (AvgIpc) is 2.91. The zero-order valence-electron chi connectivity index (χ0n) is 10.6. The van der Waals surface area contributed by atoms with Crippen LogP contribution in [0.15, 0.2) is 12.1 Å². The number of rotatable bonds is 2. The second-order valence-corrected chi connectivity index (χ2v) is 4.66. The molecule has 2 heterocycles. The third kappa shape index (κ3) is 2.44. The molecule has 6 nitrogen and oxygen atoms in total. The fraction of sp³-hybridized carbons (Fsp3) is 0.385. The van der Waals surface area contributed by atoms with Crippen molar-refractivity contribution in [2.24, 2.45) is 0 Å². The van der Waals surface area contributed by atoms with E-state index >= 15 is 0 Å². The van der Waals surface area contributed by atoms with Crippen molar-refractivity contribution in [3.8, 4) is 5.75 Å². The smallest absolute Gasteiger partial charge is 0.262 e. The maximum absolute atomic E-state index is 13.5. The lowest BCUT2D eigenvalue weighted by Crippen LogP contribution is -2.29. The summed E-state index contributed by atoms with van der Waals surface area (Å²) in [6, 6.07) is 2.30. The van der Waals surface area contributed by atoms with E-state index in [0.29, 0.717) is 13.0 Å². The highest BCUT2D eigenvalue weighted by Crippen LogP contribution is 2.37. The molecule has 1 aromatic rings. The molecule has 0 spiro atoms. The van der Waals surface area contributed by atoms with Crippen LogP contribution in [0.3, 0.4) is 0 Å². The molecular weight excluding hydrogens is 267 g/mol. The summed E-state index contributed by atoms with van der Waals surface area (Å²) in [5, 5.41) is 5.08. The molecular formula is C13H13FN2O4. The van der Waals surface area contributed by atoms with Gasteiger partial charge < -0.3 is 20.1 Å². The molecule has 0 bridgehead atoms. The van der Waals surface area contributed by atoms with E-state index in [-0.39, 0.29) is 35.5 Å². The van der Waals surface area contributed by atoms with Crippen molar-refractivity contribution in [2.75, 3.05) is 23.8 Å². The largest absolute Gasteiger partial charge is 0.479 e. The van der Waals surface area contributed by atoms with Gasteiger partial charge in [0.2, 0.25) is 0 Å². The van der Waals surface area contributed by atoms with E-state index in [1.54, 1.807) is 0 Å². The number of ether oxygens (including phenoxy) is 2. The number of halogens is 1. The minimum Gasteiger partial charge on any atom is -0.479 e. The Balaban J connectivity index is 1.85. The second-order valence-electron chi connectivity index (χ2n) is 4.66. The molecule has 2 amide bonds. The summed E-state index contributed by atoms with van der Waals surface area (Å²) in [5.41, 5.74) is 0.407. The number of benzene rings is 1. The van der Waals surface area contributed by atoms with Gasteiger partial charge in [0.1, 0.15) is 11.9 Å². The van der Waals surface area contributed by atoms with Crippen LogP contribution in [0.5, 0.6) is 5.75 Å². The van der Waals surface area contributed by atoms with Gasteiger partial charge in [-0.1, -0.05) is 0 Å². The molecule has 1 fully saturated rings. The highest BCUT2D eigenvalue weighted by atomic mass is 19.1. The van der Waals surface area contributed by atoms with E-state index in [1.165, 1.54) is 0 Å². The van der Waals surface area contributed by atoms with Crippen LogP contribution in [0.2, 0.25) is 0 Å². The molecule has 106 valence electrons. The molecule has 1 unspecified atom stereocenters. The number of fused-ring (bicyclic) bond motifs is 1. The first-order chi connectivity index (χ1) is 9.63. The lowest BCUT2D eigenvalue weighted by molar-refractivity contribution is -0.124. The monoisotopic (exact) mass is 280 g/mol. The van der Waals surface area contributed by atoms with Gasteiger partial charge in [0.05, 0.1) is 11.4 Å². The van der Waals surface area contributed by atoms with Gasteiger partial charge in [0, 0.05) is 18.7 Å². The zero-order valence-corrected chi connectivity index (χ0v) is 10.6. The van der Waals surface area contributed by atoms with E-state index in [4.69, 9.17) is 9.47 Å². The van der Waals surface area contributed by atoms with Crippen molar-refractivity contribution in [1.82, 2.24) is 0 Å². The standard InChI is InChI=1S/C13H13FN2O4/c14-7-4-8-12(20-6-11(17)15-8)9(5-7)16-13(18)10-2-1-3-19-10/h4-5,10H,1-3,6H2,(H,15,17)(H,16,18). The predicted molar refractivity (Wildman–Crippen MR) is 68.1 cm³/mol. The molecule has 3 rings (SSSR count). The summed E-state index contributed by atoms with van der Waals surface area (Å²) in [5.74, 6) is -1.01. The Morgan fingerprint density at radius 2 is 2.30 bits per heavy atom. The summed E-state index contributed by atoms with van der Waals surface area (Å²) in [6.45, 7) is 0.382. The Morgan fingerprint density at radius 3 is 3.05 bits per heavy atom. The maximum Gasteiger partial charge on any atom is 0.262 e. The number of hydrogen-bond acceptors (Lipinski definition) is 4. The van der Waals surface area contributed by atoms with E-state index < -0.39 is 11.9 Å². The minimum absolute atomic E-state index is 0.165. The van der Waals surface area contributed by atoms with Crippen LogP contribution in [0, 0.1) is 5.82 Å². The fourth-order valence-electron chi connectivity index (χ4n) is 2.26. The summed E-state index contributed by atoms with van der Waals surface area (Å²) < 4.78 is 24.0. The Kier molecular flexibility index (Phi) is 3.27. The molecule has 1 saturated heterocycles. The lowest BCUT2D eigenvalue weighted by atomic mass is 10.2. The SMILES string of the molecule is O=C1COc2c(cc(F)cc2NC(=O)C2CCCO2)N1. The van der Waals surface area contributed by atoms with E-state index in [1.807, 2.05) is 0 Å². The van der Waals surface area contributed by atoms with Gasteiger partial charge >= 0.3 is 0 Å². The highest BCUT2D eigenvalue weighted by Gasteiger charge is 2.26. The van der Waals surface area contributed by atoms with E-state index in [2.05, 4.69) is 10.6 Å². The molecule has 20 heavy (non-hydrogen) atoms. The molecule has 1 atom stereocenters. The first-order valence-corrected chi connectivity index (χ1v) is 6.32. The third-order valence-electron chi connectivity index (χ3n) is 3.16. The van der Waals surface area contributed by atoms with Crippen LogP contribution in [-0.2, 0) is 14.3 Å². The quantitative estimate of drug-likeness (QED) is 0.855. The van der Waals surface area contributed by atoms with Gasteiger partial charge in [-0.25, -0.2) is 4.39 Å². The lowest BCUT2D eigenvalue weighted by Gasteiger charge is -2.21. The maximum atomic E-state index is 13.5. The Morgan fingerprint density at radius 1 is 1.45 bits per heavy atom. The molecule has 7 heteroatoms. The molecule has 0 aliphatic carbocycles. The second kappa shape index (κ2) is 5.09. The number of carbonyl (C=O) groups is 2.